The van der Waals surface area contributed by atoms with Crippen molar-refractivity contribution in [1.29, 1.82) is 0 Å². The number of carbonyl (C=O) groups excluding carboxylic acids is 1. The number of amides is 1. The molecule has 0 aliphatic carbocycles. The molecule has 4 nitrogen and oxygen atoms in total. The Kier molecular flexibility index (Phi) is 3.52. The molecular formula is C15H15N3OS. The van der Waals surface area contributed by atoms with Crippen LogP contribution in [0.4, 0.5) is 0 Å². The number of aromatic nitrogens is 2. The quantitative estimate of drug-likeness (QED) is 0.774. The van der Waals surface area contributed by atoms with E-state index in [-0.39, 0.29) is 11.9 Å². The lowest BCUT2D eigenvalue weighted by atomic mass is 10.2. The molecule has 0 spiro atoms. The Morgan fingerprint density at radius 1 is 1.35 bits per heavy atom. The fraction of sp³-hybridized carbons (Fsp3) is 0.200. The monoisotopic (exact) mass is 285 g/mol. The molecule has 5 heteroatoms. The van der Waals surface area contributed by atoms with Gasteiger partial charge in [0.05, 0.1) is 23.5 Å². The molecule has 0 unspecified atom stereocenters. The second-order valence-electron chi connectivity index (χ2n) is 4.68. The van der Waals surface area contributed by atoms with Crippen molar-refractivity contribution in [3.8, 4) is 0 Å². The van der Waals surface area contributed by atoms with Crippen LogP contribution in [0.25, 0.3) is 11.0 Å². The normalized spacial score (nSPS) is 12.4. The van der Waals surface area contributed by atoms with Crippen LogP contribution >= 0.6 is 11.3 Å². The number of H-pyrrole nitrogens is 1. The highest BCUT2D eigenvalue weighted by molar-refractivity contribution is 7.10. The Hall–Kier alpha value is -2.14. The molecule has 0 aliphatic rings. The van der Waals surface area contributed by atoms with Gasteiger partial charge in [-0.05, 0) is 30.5 Å². The number of carbonyl (C=O) groups is 1. The molecule has 3 rings (SSSR count). The number of thiophene rings is 1. The highest BCUT2D eigenvalue weighted by Crippen LogP contribution is 2.16. The fourth-order valence-corrected chi connectivity index (χ4v) is 2.81. The molecule has 1 amide bonds. The minimum absolute atomic E-state index is 0.0143. The largest absolute Gasteiger partial charge is 0.346 e. The summed E-state index contributed by atoms with van der Waals surface area (Å²) in [5.41, 5.74) is 1.91. The molecule has 0 saturated heterocycles. The Bertz CT molecular complexity index is 685. The molecule has 102 valence electrons. The molecule has 20 heavy (non-hydrogen) atoms. The van der Waals surface area contributed by atoms with Crippen LogP contribution < -0.4 is 5.32 Å². The van der Waals surface area contributed by atoms with Crippen molar-refractivity contribution in [2.75, 3.05) is 0 Å². The van der Waals surface area contributed by atoms with Crippen molar-refractivity contribution in [3.05, 3.63) is 52.5 Å². The Morgan fingerprint density at radius 2 is 2.20 bits per heavy atom. The van der Waals surface area contributed by atoms with Gasteiger partial charge in [-0.1, -0.05) is 18.2 Å². The molecule has 0 aliphatic heterocycles. The third-order valence-corrected chi connectivity index (χ3v) is 3.99. The van der Waals surface area contributed by atoms with Crippen molar-refractivity contribution < 1.29 is 4.79 Å². The van der Waals surface area contributed by atoms with Gasteiger partial charge in [0.25, 0.3) is 0 Å². The minimum atomic E-state index is -0.130. The summed E-state index contributed by atoms with van der Waals surface area (Å²) < 4.78 is 0. The maximum Gasteiger partial charge on any atom is 0.225 e. The van der Waals surface area contributed by atoms with Gasteiger partial charge < -0.3 is 10.3 Å². The van der Waals surface area contributed by atoms with Gasteiger partial charge in [0.15, 0.2) is 0 Å². The number of rotatable bonds is 4. The Balaban J connectivity index is 1.69. The number of benzene rings is 1. The molecule has 0 fully saturated rings. The second-order valence-corrected chi connectivity index (χ2v) is 5.72. The topological polar surface area (TPSA) is 57.8 Å². The minimum Gasteiger partial charge on any atom is -0.346 e. The second kappa shape index (κ2) is 5.46. The van der Waals surface area contributed by atoms with Crippen LogP contribution in [0.15, 0.2) is 41.8 Å². The number of fused-ring (bicyclic) bond motifs is 1. The first-order chi connectivity index (χ1) is 9.72. The van der Waals surface area contributed by atoms with Crippen molar-refractivity contribution in [2.24, 2.45) is 0 Å². The number of hydrogen-bond acceptors (Lipinski definition) is 3. The SMILES string of the molecule is C[C@H](NC(=O)Cc1cccs1)c1nc2ccccc2[nH]1. The number of para-hydroxylation sites is 2. The van der Waals surface area contributed by atoms with E-state index >= 15 is 0 Å². The van der Waals surface area contributed by atoms with Gasteiger partial charge in [-0.3, -0.25) is 4.79 Å². The highest BCUT2D eigenvalue weighted by atomic mass is 32.1. The molecule has 3 aromatic rings. The summed E-state index contributed by atoms with van der Waals surface area (Å²) in [6.45, 7) is 1.93. The zero-order valence-electron chi connectivity index (χ0n) is 11.1. The van der Waals surface area contributed by atoms with Crippen LogP contribution in [0, 0.1) is 0 Å². The van der Waals surface area contributed by atoms with E-state index in [0.717, 1.165) is 21.7 Å². The molecule has 1 atom stereocenters. The summed E-state index contributed by atoms with van der Waals surface area (Å²) in [5, 5.41) is 4.95. The van der Waals surface area contributed by atoms with Gasteiger partial charge >= 0.3 is 0 Å². The van der Waals surface area contributed by atoms with Crippen LogP contribution in [-0.2, 0) is 11.2 Å². The van der Waals surface area contributed by atoms with E-state index in [4.69, 9.17) is 0 Å². The highest BCUT2D eigenvalue weighted by Gasteiger charge is 2.13. The van der Waals surface area contributed by atoms with E-state index in [1.807, 2.05) is 48.7 Å². The third-order valence-electron chi connectivity index (χ3n) is 3.11. The van der Waals surface area contributed by atoms with E-state index < -0.39 is 0 Å². The molecule has 0 bridgehead atoms. The van der Waals surface area contributed by atoms with Crippen LogP contribution in [0.2, 0.25) is 0 Å². The first kappa shape index (κ1) is 12.9. The Labute approximate surface area is 120 Å². The molecular weight excluding hydrogens is 270 g/mol. The summed E-state index contributed by atoms with van der Waals surface area (Å²) in [4.78, 5) is 20.8. The first-order valence-electron chi connectivity index (χ1n) is 6.49. The number of hydrogen-bond donors (Lipinski definition) is 2. The molecule has 2 aromatic heterocycles. The predicted octanol–water partition coefficient (Wildman–Crippen LogP) is 3.04. The average molecular weight is 285 g/mol. The predicted molar refractivity (Wildman–Crippen MR) is 80.7 cm³/mol. The third kappa shape index (κ3) is 2.72. The van der Waals surface area contributed by atoms with Crippen molar-refractivity contribution in [3.63, 3.8) is 0 Å². The fourth-order valence-electron chi connectivity index (χ4n) is 2.11. The molecule has 0 radical (unpaired) electrons. The van der Waals surface area contributed by atoms with E-state index in [2.05, 4.69) is 15.3 Å². The van der Waals surface area contributed by atoms with Crippen LogP contribution in [0.1, 0.15) is 23.7 Å². The van der Waals surface area contributed by atoms with E-state index in [9.17, 15) is 4.79 Å². The molecule has 2 N–H and O–H groups in total. The number of nitrogens with one attached hydrogen (secondary N) is 2. The van der Waals surface area contributed by atoms with Gasteiger partial charge in [-0.15, -0.1) is 11.3 Å². The summed E-state index contributed by atoms with van der Waals surface area (Å²) in [6, 6.07) is 11.6. The zero-order chi connectivity index (χ0) is 13.9. The van der Waals surface area contributed by atoms with Gasteiger partial charge in [0.1, 0.15) is 5.82 Å². The maximum atomic E-state index is 12.0. The van der Waals surface area contributed by atoms with Crippen molar-refractivity contribution in [2.45, 2.75) is 19.4 Å². The lowest BCUT2D eigenvalue weighted by molar-refractivity contribution is -0.121. The Morgan fingerprint density at radius 3 is 2.95 bits per heavy atom. The smallest absolute Gasteiger partial charge is 0.225 e. The standard InChI is InChI=1S/C15H15N3OS/c1-10(16-14(19)9-11-5-4-8-20-11)15-17-12-6-2-3-7-13(12)18-15/h2-8,10H,9H2,1H3,(H,16,19)(H,17,18)/t10-/m0/s1. The number of nitrogens with zero attached hydrogens (tertiary/aromatic N) is 1. The molecule has 0 saturated carbocycles. The summed E-state index contributed by atoms with van der Waals surface area (Å²) in [6.07, 6.45) is 0.419. The summed E-state index contributed by atoms with van der Waals surface area (Å²) >= 11 is 1.59. The molecule has 1 aromatic carbocycles. The average Bonchev–Trinajstić information content (AvgIpc) is 3.06. The van der Waals surface area contributed by atoms with Crippen LogP contribution in [-0.4, -0.2) is 15.9 Å². The van der Waals surface area contributed by atoms with E-state index in [1.54, 1.807) is 11.3 Å². The summed E-state index contributed by atoms with van der Waals surface area (Å²) in [5.74, 6) is 0.797. The van der Waals surface area contributed by atoms with Crippen LogP contribution in [0.5, 0.6) is 0 Å². The van der Waals surface area contributed by atoms with Crippen molar-refractivity contribution in [1.82, 2.24) is 15.3 Å². The zero-order valence-corrected chi connectivity index (χ0v) is 11.9. The first-order valence-corrected chi connectivity index (χ1v) is 7.37. The molecule has 2 heterocycles. The van der Waals surface area contributed by atoms with Gasteiger partial charge in [-0.2, -0.15) is 0 Å². The summed E-state index contributed by atoms with van der Waals surface area (Å²) in [7, 11) is 0. The van der Waals surface area contributed by atoms with Crippen molar-refractivity contribution >= 4 is 28.3 Å². The van der Waals surface area contributed by atoms with Gasteiger partial charge in [0, 0.05) is 4.88 Å². The van der Waals surface area contributed by atoms with E-state index in [0.29, 0.717) is 6.42 Å². The van der Waals surface area contributed by atoms with Gasteiger partial charge in [0.2, 0.25) is 5.91 Å². The van der Waals surface area contributed by atoms with Crippen LogP contribution in [0.3, 0.4) is 0 Å². The maximum absolute atomic E-state index is 12.0. The lowest BCUT2D eigenvalue weighted by Crippen LogP contribution is -2.28. The lowest BCUT2D eigenvalue weighted by Gasteiger charge is -2.10. The van der Waals surface area contributed by atoms with Gasteiger partial charge in [-0.25, -0.2) is 4.98 Å². The number of imidazole rings is 1. The number of aromatic amines is 1. The van der Waals surface area contributed by atoms with E-state index in [1.165, 1.54) is 0 Å².